The van der Waals surface area contributed by atoms with E-state index in [1.54, 1.807) is 0 Å². The first kappa shape index (κ1) is 12.5. The molecule has 21 heavy (non-hydrogen) atoms. The monoisotopic (exact) mass is 273 g/mol. The van der Waals surface area contributed by atoms with E-state index in [0.29, 0.717) is 0 Å². The van der Waals surface area contributed by atoms with Crippen LogP contribution in [0.15, 0.2) is 67.0 Å². The van der Waals surface area contributed by atoms with Crippen LogP contribution >= 0.6 is 0 Å². The molecule has 1 heteroatoms. The minimum absolute atomic E-state index is 1.21. The molecular weight excluding hydrogens is 254 g/mol. The highest BCUT2D eigenvalue weighted by Gasteiger charge is 2.12. The van der Waals surface area contributed by atoms with Crippen LogP contribution in [0.5, 0.6) is 0 Å². The van der Waals surface area contributed by atoms with Crippen LogP contribution in [-0.4, -0.2) is 4.40 Å². The van der Waals surface area contributed by atoms with Gasteiger partial charge in [-0.3, -0.25) is 0 Å². The minimum atomic E-state index is 1.21. The third-order valence-electron chi connectivity index (χ3n) is 4.38. The molecule has 0 atom stereocenters. The Labute approximate surface area is 125 Å². The first-order valence-corrected chi connectivity index (χ1v) is 7.77. The smallest absolute Gasteiger partial charge is 0.0525 e. The van der Waals surface area contributed by atoms with Crippen molar-refractivity contribution >= 4 is 11.1 Å². The third kappa shape index (κ3) is 2.29. The van der Waals surface area contributed by atoms with Gasteiger partial charge in [-0.2, -0.15) is 0 Å². The number of aromatic nitrogens is 1. The van der Waals surface area contributed by atoms with Crippen LogP contribution in [0.4, 0.5) is 0 Å². The molecule has 1 aromatic carbocycles. The Morgan fingerprint density at radius 2 is 1.76 bits per heavy atom. The van der Waals surface area contributed by atoms with Gasteiger partial charge in [0.2, 0.25) is 0 Å². The van der Waals surface area contributed by atoms with Gasteiger partial charge in [0, 0.05) is 18.0 Å². The highest BCUT2D eigenvalue weighted by atomic mass is 14.9. The summed E-state index contributed by atoms with van der Waals surface area (Å²) in [5.74, 6) is 0. The number of hydrogen-bond donors (Lipinski definition) is 0. The molecule has 104 valence electrons. The van der Waals surface area contributed by atoms with Crippen molar-refractivity contribution in [3.05, 3.63) is 72.6 Å². The van der Waals surface area contributed by atoms with Gasteiger partial charge >= 0.3 is 0 Å². The molecule has 0 fully saturated rings. The average molecular weight is 273 g/mol. The zero-order valence-corrected chi connectivity index (χ0v) is 12.1. The molecular formula is C20H19N. The third-order valence-corrected chi connectivity index (χ3v) is 4.38. The molecule has 3 aromatic rings. The molecule has 0 amide bonds. The molecule has 1 nitrogen and oxygen atoms in total. The molecule has 0 radical (unpaired) electrons. The summed E-state index contributed by atoms with van der Waals surface area (Å²) < 4.78 is 2.26. The quantitative estimate of drug-likeness (QED) is 0.575. The van der Waals surface area contributed by atoms with Crippen LogP contribution in [0.25, 0.3) is 22.2 Å². The van der Waals surface area contributed by atoms with Gasteiger partial charge in [-0.1, -0.05) is 36.4 Å². The summed E-state index contributed by atoms with van der Waals surface area (Å²) >= 11 is 0. The van der Waals surface area contributed by atoms with E-state index in [4.69, 9.17) is 0 Å². The lowest BCUT2D eigenvalue weighted by atomic mass is 9.92. The van der Waals surface area contributed by atoms with E-state index in [1.165, 1.54) is 53.5 Å². The summed E-state index contributed by atoms with van der Waals surface area (Å²) in [6.07, 6.45) is 11.9. The second-order valence-corrected chi connectivity index (χ2v) is 5.78. The summed E-state index contributed by atoms with van der Waals surface area (Å²) in [4.78, 5) is 0. The van der Waals surface area contributed by atoms with E-state index in [-0.39, 0.29) is 0 Å². The predicted octanol–water partition coefficient (Wildman–Crippen LogP) is 5.56. The van der Waals surface area contributed by atoms with Crippen molar-refractivity contribution in [1.29, 1.82) is 0 Å². The summed E-state index contributed by atoms with van der Waals surface area (Å²) in [6.45, 7) is 0. The number of hydrogen-bond acceptors (Lipinski definition) is 0. The van der Waals surface area contributed by atoms with E-state index in [2.05, 4.69) is 71.4 Å². The highest BCUT2D eigenvalue weighted by molar-refractivity contribution is 5.82. The molecule has 0 N–H and O–H groups in total. The molecule has 2 aromatic heterocycles. The second-order valence-electron chi connectivity index (χ2n) is 5.78. The van der Waals surface area contributed by atoms with Crippen molar-refractivity contribution in [2.45, 2.75) is 25.7 Å². The van der Waals surface area contributed by atoms with Crippen molar-refractivity contribution in [3.8, 4) is 11.1 Å². The maximum absolute atomic E-state index is 2.43. The molecule has 0 saturated heterocycles. The van der Waals surface area contributed by atoms with Gasteiger partial charge in [-0.25, -0.2) is 0 Å². The standard InChI is InChI=1S/C20H19N/c1-3-8-16(9-4-1)18-14-19(17-10-5-2-6-11-17)20-12-7-13-21(20)15-18/h1,3-4,7-10,12-15H,2,5-6,11H2. The van der Waals surface area contributed by atoms with Gasteiger partial charge in [0.05, 0.1) is 5.52 Å². The zero-order valence-electron chi connectivity index (χ0n) is 12.1. The van der Waals surface area contributed by atoms with Gasteiger partial charge < -0.3 is 4.40 Å². The van der Waals surface area contributed by atoms with Crippen molar-refractivity contribution in [1.82, 2.24) is 4.40 Å². The lowest BCUT2D eigenvalue weighted by Gasteiger charge is -2.16. The van der Waals surface area contributed by atoms with Gasteiger partial charge in [0.15, 0.2) is 0 Å². The Bertz CT molecular complexity index is 793. The lowest BCUT2D eigenvalue weighted by Crippen LogP contribution is -1.96. The fourth-order valence-electron chi connectivity index (χ4n) is 3.28. The Kier molecular flexibility index (Phi) is 3.11. The van der Waals surface area contributed by atoms with Crippen molar-refractivity contribution < 1.29 is 0 Å². The molecule has 0 unspecified atom stereocenters. The molecule has 2 heterocycles. The summed E-state index contributed by atoms with van der Waals surface area (Å²) in [6, 6.07) is 17.4. The van der Waals surface area contributed by atoms with Crippen LogP contribution < -0.4 is 0 Å². The fourth-order valence-corrected chi connectivity index (χ4v) is 3.28. The summed E-state index contributed by atoms with van der Waals surface area (Å²) in [5, 5.41) is 0. The number of pyridine rings is 1. The van der Waals surface area contributed by atoms with E-state index in [0.717, 1.165) is 0 Å². The van der Waals surface area contributed by atoms with Crippen molar-refractivity contribution in [2.24, 2.45) is 0 Å². The fraction of sp³-hybridized carbons (Fsp3) is 0.200. The van der Waals surface area contributed by atoms with E-state index in [9.17, 15) is 0 Å². The van der Waals surface area contributed by atoms with Crippen LogP contribution in [0, 0.1) is 0 Å². The average Bonchev–Trinajstić information content (AvgIpc) is 3.04. The van der Waals surface area contributed by atoms with E-state index >= 15 is 0 Å². The SMILES string of the molecule is C1=C(c2cc(-c3ccccc3)cn3cccc23)CCCC1. The first-order chi connectivity index (χ1) is 10.4. The predicted molar refractivity (Wildman–Crippen MR) is 89.3 cm³/mol. The number of rotatable bonds is 2. The van der Waals surface area contributed by atoms with Gasteiger partial charge in [0.1, 0.15) is 0 Å². The molecule has 0 bridgehead atoms. The number of benzene rings is 1. The second kappa shape index (κ2) is 5.25. The maximum atomic E-state index is 2.43. The molecule has 0 saturated carbocycles. The molecule has 0 aliphatic heterocycles. The van der Waals surface area contributed by atoms with Gasteiger partial charge in [-0.05, 0) is 60.6 Å². The van der Waals surface area contributed by atoms with Crippen LogP contribution in [0.2, 0.25) is 0 Å². The van der Waals surface area contributed by atoms with Crippen LogP contribution in [0.1, 0.15) is 31.2 Å². The van der Waals surface area contributed by atoms with Gasteiger partial charge in [-0.15, -0.1) is 0 Å². The number of nitrogens with zero attached hydrogens (tertiary/aromatic N) is 1. The molecule has 4 rings (SSSR count). The normalized spacial score (nSPS) is 15.1. The topological polar surface area (TPSA) is 4.41 Å². The molecule has 1 aliphatic carbocycles. The first-order valence-electron chi connectivity index (χ1n) is 7.77. The minimum Gasteiger partial charge on any atom is -0.323 e. The van der Waals surface area contributed by atoms with E-state index < -0.39 is 0 Å². The van der Waals surface area contributed by atoms with Crippen LogP contribution in [0.3, 0.4) is 0 Å². The highest BCUT2D eigenvalue weighted by Crippen LogP contribution is 2.33. The van der Waals surface area contributed by atoms with Crippen molar-refractivity contribution in [2.75, 3.05) is 0 Å². The Morgan fingerprint density at radius 1 is 0.857 bits per heavy atom. The molecule has 0 spiro atoms. The summed E-state index contributed by atoms with van der Waals surface area (Å²) in [5.41, 5.74) is 6.82. The largest absolute Gasteiger partial charge is 0.323 e. The Hall–Kier alpha value is -2.28. The number of fused-ring (bicyclic) bond motifs is 1. The zero-order chi connectivity index (χ0) is 14.1. The molecule has 1 aliphatic rings. The van der Waals surface area contributed by atoms with Crippen molar-refractivity contribution in [3.63, 3.8) is 0 Å². The van der Waals surface area contributed by atoms with Crippen LogP contribution in [-0.2, 0) is 0 Å². The van der Waals surface area contributed by atoms with Gasteiger partial charge in [0.25, 0.3) is 0 Å². The summed E-state index contributed by atoms with van der Waals surface area (Å²) in [7, 11) is 0. The van der Waals surface area contributed by atoms with E-state index in [1.807, 2.05) is 0 Å². The lowest BCUT2D eigenvalue weighted by molar-refractivity contribution is 0.742. The Balaban J connectivity index is 1.92. The number of allylic oxidation sites excluding steroid dienone is 2. The Morgan fingerprint density at radius 3 is 2.57 bits per heavy atom. The maximum Gasteiger partial charge on any atom is 0.0525 e.